The van der Waals surface area contributed by atoms with Crippen molar-refractivity contribution in [2.45, 2.75) is 18.4 Å². The molecular formula is C29H25FN6O4. The molecule has 0 radical (unpaired) electrons. The van der Waals surface area contributed by atoms with Gasteiger partial charge in [0.2, 0.25) is 0 Å². The first-order valence-electron chi connectivity index (χ1n) is 12.9. The Morgan fingerprint density at radius 3 is 2.85 bits per heavy atom. The molecule has 3 aromatic heterocycles. The molecule has 3 N–H and O–H groups in total. The SMILES string of the molecule is COc1cnc2c(Nc3ccc4c(c3)[C@@]3(CCOC(N)=N3)c3cc(C5=CCOCC5)nc(F)c3O4)nccc2c1. The molecule has 3 aliphatic heterocycles. The van der Waals surface area contributed by atoms with Gasteiger partial charge in [0.15, 0.2) is 11.6 Å². The van der Waals surface area contributed by atoms with Gasteiger partial charge in [-0.25, -0.2) is 19.9 Å². The van der Waals surface area contributed by atoms with Crippen molar-refractivity contribution in [2.75, 3.05) is 32.2 Å². The maximum atomic E-state index is 15.5. The van der Waals surface area contributed by atoms with E-state index in [-0.39, 0.29) is 11.8 Å². The smallest absolute Gasteiger partial charge is 0.283 e. The number of aromatic nitrogens is 3. The van der Waals surface area contributed by atoms with Gasteiger partial charge < -0.3 is 30.0 Å². The van der Waals surface area contributed by atoms with E-state index >= 15 is 4.39 Å². The van der Waals surface area contributed by atoms with Crippen LogP contribution in [0.4, 0.5) is 15.9 Å². The summed E-state index contributed by atoms with van der Waals surface area (Å²) in [6, 6.07) is 11.2. The summed E-state index contributed by atoms with van der Waals surface area (Å²) in [6.07, 6.45) is 6.34. The lowest BCUT2D eigenvalue weighted by molar-refractivity contribution is 0.161. The summed E-state index contributed by atoms with van der Waals surface area (Å²) in [5.41, 5.74) is 9.23. The molecule has 0 saturated heterocycles. The molecule has 1 spiro atoms. The molecule has 202 valence electrons. The van der Waals surface area contributed by atoms with E-state index in [1.165, 1.54) is 0 Å². The number of rotatable bonds is 4. The van der Waals surface area contributed by atoms with Crippen LogP contribution in [0.1, 0.15) is 29.7 Å². The molecule has 0 fully saturated rings. The predicted molar refractivity (Wildman–Crippen MR) is 146 cm³/mol. The molecule has 7 rings (SSSR count). The molecule has 3 aliphatic rings. The van der Waals surface area contributed by atoms with E-state index < -0.39 is 11.5 Å². The van der Waals surface area contributed by atoms with Crippen LogP contribution in [0.5, 0.6) is 17.2 Å². The molecule has 0 amide bonds. The van der Waals surface area contributed by atoms with E-state index in [4.69, 9.17) is 29.7 Å². The Kier molecular flexibility index (Phi) is 5.74. The van der Waals surface area contributed by atoms with Crippen LogP contribution >= 0.6 is 0 Å². The van der Waals surface area contributed by atoms with Crippen LogP contribution in [0.15, 0.2) is 59.9 Å². The summed E-state index contributed by atoms with van der Waals surface area (Å²) >= 11 is 0. The largest absolute Gasteiger partial charge is 0.495 e. The Bertz CT molecular complexity index is 1720. The Morgan fingerprint density at radius 2 is 2.02 bits per heavy atom. The summed E-state index contributed by atoms with van der Waals surface area (Å²) in [7, 11) is 1.60. The number of nitrogens with one attached hydrogen (secondary N) is 1. The van der Waals surface area contributed by atoms with Gasteiger partial charge in [-0.3, -0.25) is 0 Å². The van der Waals surface area contributed by atoms with Crippen molar-refractivity contribution in [3.63, 3.8) is 0 Å². The quantitative estimate of drug-likeness (QED) is 0.351. The molecule has 0 aliphatic carbocycles. The van der Waals surface area contributed by atoms with Crippen molar-refractivity contribution in [3.05, 3.63) is 77.6 Å². The van der Waals surface area contributed by atoms with Gasteiger partial charge in [-0.05, 0) is 48.4 Å². The number of aliphatic imine (C=N–C) groups is 1. The van der Waals surface area contributed by atoms with E-state index in [0.29, 0.717) is 66.8 Å². The van der Waals surface area contributed by atoms with Gasteiger partial charge in [-0.15, -0.1) is 0 Å². The number of benzene rings is 1. The molecular weight excluding hydrogens is 515 g/mol. The van der Waals surface area contributed by atoms with E-state index in [2.05, 4.69) is 20.3 Å². The van der Waals surface area contributed by atoms with Crippen LogP contribution in [0.3, 0.4) is 0 Å². The second kappa shape index (κ2) is 9.45. The number of hydrogen-bond acceptors (Lipinski definition) is 10. The Hall–Kier alpha value is -4.77. The Morgan fingerprint density at radius 1 is 1.10 bits per heavy atom. The van der Waals surface area contributed by atoms with Crippen LogP contribution in [-0.2, 0) is 15.0 Å². The van der Waals surface area contributed by atoms with Gasteiger partial charge in [-0.2, -0.15) is 4.39 Å². The van der Waals surface area contributed by atoms with Crippen molar-refractivity contribution in [1.82, 2.24) is 15.0 Å². The third-order valence-corrected chi connectivity index (χ3v) is 7.39. The summed E-state index contributed by atoms with van der Waals surface area (Å²) < 4.78 is 37.9. The normalized spacial score (nSPS) is 19.6. The van der Waals surface area contributed by atoms with Gasteiger partial charge in [0, 0.05) is 34.8 Å². The summed E-state index contributed by atoms with van der Waals surface area (Å²) in [4.78, 5) is 18.1. The molecule has 10 nitrogen and oxygen atoms in total. The minimum Gasteiger partial charge on any atom is -0.495 e. The molecule has 6 heterocycles. The van der Waals surface area contributed by atoms with E-state index in [0.717, 1.165) is 22.2 Å². The number of anilines is 2. The molecule has 1 atom stereocenters. The minimum absolute atomic E-state index is 0.0290. The molecule has 0 bridgehead atoms. The summed E-state index contributed by atoms with van der Waals surface area (Å²) in [6.45, 7) is 1.31. The number of ether oxygens (including phenoxy) is 4. The predicted octanol–water partition coefficient (Wildman–Crippen LogP) is 4.80. The number of nitrogens with zero attached hydrogens (tertiary/aromatic N) is 4. The lowest BCUT2D eigenvalue weighted by atomic mass is 9.77. The molecule has 0 saturated carbocycles. The van der Waals surface area contributed by atoms with Gasteiger partial charge in [0.25, 0.3) is 12.0 Å². The molecule has 11 heteroatoms. The monoisotopic (exact) mass is 540 g/mol. The van der Waals surface area contributed by atoms with Crippen molar-refractivity contribution < 1.29 is 23.3 Å². The fraction of sp³-hybridized carbons (Fsp3) is 0.241. The summed E-state index contributed by atoms with van der Waals surface area (Å²) in [5, 5.41) is 4.25. The number of methoxy groups -OCH3 is 1. The number of nitrogens with two attached hydrogens (primary N) is 1. The highest BCUT2D eigenvalue weighted by molar-refractivity contribution is 5.90. The fourth-order valence-corrected chi connectivity index (χ4v) is 5.45. The molecule has 1 aromatic carbocycles. The van der Waals surface area contributed by atoms with Crippen LogP contribution in [0, 0.1) is 5.95 Å². The number of fused-ring (bicyclic) bond motifs is 5. The number of amidine groups is 1. The lowest BCUT2D eigenvalue weighted by Crippen LogP contribution is -2.39. The third kappa shape index (κ3) is 3.97. The van der Waals surface area contributed by atoms with Crippen molar-refractivity contribution in [2.24, 2.45) is 10.7 Å². The Labute approximate surface area is 228 Å². The van der Waals surface area contributed by atoms with Gasteiger partial charge >= 0.3 is 0 Å². The Balaban J connectivity index is 1.35. The molecule has 40 heavy (non-hydrogen) atoms. The maximum absolute atomic E-state index is 15.5. The van der Waals surface area contributed by atoms with Gasteiger partial charge in [0.05, 0.1) is 38.8 Å². The third-order valence-electron chi connectivity index (χ3n) is 7.39. The zero-order valence-corrected chi connectivity index (χ0v) is 21.6. The highest BCUT2D eigenvalue weighted by Crippen LogP contribution is 2.53. The van der Waals surface area contributed by atoms with Crippen molar-refractivity contribution in [1.29, 1.82) is 0 Å². The first-order chi connectivity index (χ1) is 19.5. The zero-order valence-electron chi connectivity index (χ0n) is 21.6. The van der Waals surface area contributed by atoms with Crippen LogP contribution in [-0.4, -0.2) is 47.9 Å². The number of hydrogen-bond donors (Lipinski definition) is 2. The second-order valence-corrected chi connectivity index (χ2v) is 9.68. The van der Waals surface area contributed by atoms with Crippen LogP contribution < -0.4 is 20.5 Å². The maximum Gasteiger partial charge on any atom is 0.283 e. The van der Waals surface area contributed by atoms with Crippen LogP contribution in [0.25, 0.3) is 16.5 Å². The second-order valence-electron chi connectivity index (χ2n) is 9.68. The highest BCUT2D eigenvalue weighted by Gasteiger charge is 2.46. The molecule has 0 unspecified atom stereocenters. The lowest BCUT2D eigenvalue weighted by Gasteiger charge is -2.39. The standard InChI is InChI=1S/C29H25FN6O4/c1-37-19-12-17-4-8-32-27(24(17)33-15-19)34-18-2-3-23-20(13-18)29(7-11-39-28(31)36-29)21-14-22(16-5-9-38-10-6-16)35-26(30)25(21)40-23/h2-5,8,12-15H,6-7,9-11H2,1H3,(H2,31,36)(H,32,34)/t29-/m0/s1. The minimum atomic E-state index is -1.04. The number of pyridine rings is 3. The van der Waals surface area contributed by atoms with Crippen LogP contribution in [0.2, 0.25) is 0 Å². The first-order valence-corrected chi connectivity index (χ1v) is 12.9. The van der Waals surface area contributed by atoms with E-state index in [9.17, 15) is 0 Å². The van der Waals surface area contributed by atoms with Crippen molar-refractivity contribution >= 4 is 34.0 Å². The van der Waals surface area contributed by atoms with E-state index in [1.54, 1.807) is 25.6 Å². The van der Waals surface area contributed by atoms with Crippen molar-refractivity contribution in [3.8, 4) is 17.2 Å². The zero-order chi connectivity index (χ0) is 27.3. The average Bonchev–Trinajstić information content (AvgIpc) is 2.98. The average molecular weight is 541 g/mol. The summed E-state index contributed by atoms with van der Waals surface area (Å²) in [5.74, 6) is 1.03. The highest BCUT2D eigenvalue weighted by atomic mass is 19.1. The molecule has 4 aromatic rings. The van der Waals surface area contributed by atoms with E-state index in [1.807, 2.05) is 36.4 Å². The first kappa shape index (κ1) is 24.3. The topological polar surface area (TPSA) is 126 Å². The fourth-order valence-electron chi connectivity index (χ4n) is 5.45. The van der Waals surface area contributed by atoms with Gasteiger partial charge in [-0.1, -0.05) is 6.08 Å². The van der Waals surface area contributed by atoms with Gasteiger partial charge in [0.1, 0.15) is 22.6 Å². The number of halogens is 1.